The fourth-order valence-electron chi connectivity index (χ4n) is 1.82. The van der Waals surface area contributed by atoms with Crippen molar-refractivity contribution in [2.24, 2.45) is 0 Å². The third-order valence-electron chi connectivity index (χ3n) is 2.85. The molecule has 0 aliphatic carbocycles. The number of nitrogen functional groups attached to an aromatic ring is 1. The fourth-order valence-corrected chi connectivity index (χ4v) is 2.36. The van der Waals surface area contributed by atoms with Gasteiger partial charge in [-0.05, 0) is 36.4 Å². The van der Waals surface area contributed by atoms with E-state index < -0.39 is 0 Å². The van der Waals surface area contributed by atoms with E-state index in [-0.39, 0.29) is 5.91 Å². The fraction of sp³-hybridized carbons (Fsp3) is 0. The van der Waals surface area contributed by atoms with Crippen LogP contribution in [0.15, 0.2) is 60.0 Å². The average Bonchev–Trinajstić information content (AvgIpc) is 2.97. The molecule has 0 radical (unpaired) electrons. The highest BCUT2D eigenvalue weighted by molar-refractivity contribution is 7.13. The van der Waals surface area contributed by atoms with Crippen LogP contribution in [0.5, 0.6) is 11.5 Å². The van der Waals surface area contributed by atoms with Crippen molar-refractivity contribution in [3.05, 3.63) is 65.7 Å². The number of hydrogen-bond acceptors (Lipinski definition) is 5. The van der Waals surface area contributed by atoms with Gasteiger partial charge in [0, 0.05) is 11.1 Å². The number of hydrogen-bond donors (Lipinski definition) is 2. The van der Waals surface area contributed by atoms with Crippen molar-refractivity contribution in [1.29, 1.82) is 0 Å². The maximum Gasteiger partial charge on any atom is 0.275 e. The molecule has 0 aliphatic heterocycles. The number of nitrogens with two attached hydrogens (primary N) is 1. The summed E-state index contributed by atoms with van der Waals surface area (Å²) in [4.78, 5) is 15.9. The van der Waals surface area contributed by atoms with Crippen LogP contribution >= 0.6 is 11.3 Å². The lowest BCUT2D eigenvalue weighted by Crippen LogP contribution is -2.12. The number of nitrogens with one attached hydrogen (secondary N) is 1. The number of carbonyl (C=O) groups excluding carboxylic acids is 1. The predicted molar refractivity (Wildman–Crippen MR) is 87.4 cm³/mol. The molecule has 5 nitrogen and oxygen atoms in total. The first kappa shape index (κ1) is 14.1. The molecule has 0 atom stereocenters. The lowest BCUT2D eigenvalue weighted by molar-refractivity contribution is 0.102. The van der Waals surface area contributed by atoms with Crippen LogP contribution in [-0.2, 0) is 0 Å². The number of carbonyl (C=O) groups is 1. The van der Waals surface area contributed by atoms with Crippen LogP contribution in [-0.4, -0.2) is 10.9 Å². The third kappa shape index (κ3) is 3.42. The first-order valence-corrected chi connectivity index (χ1v) is 7.44. The average molecular weight is 311 g/mol. The van der Waals surface area contributed by atoms with Gasteiger partial charge in [0.15, 0.2) is 5.13 Å². The van der Waals surface area contributed by atoms with Crippen molar-refractivity contribution in [1.82, 2.24) is 4.98 Å². The smallest absolute Gasteiger partial charge is 0.275 e. The quantitative estimate of drug-likeness (QED) is 0.769. The molecule has 0 bridgehead atoms. The number of thiazole rings is 1. The van der Waals surface area contributed by atoms with Gasteiger partial charge in [-0.25, -0.2) is 4.98 Å². The van der Waals surface area contributed by atoms with Gasteiger partial charge >= 0.3 is 0 Å². The molecule has 110 valence electrons. The van der Waals surface area contributed by atoms with Crippen molar-refractivity contribution in [3.63, 3.8) is 0 Å². The van der Waals surface area contributed by atoms with E-state index >= 15 is 0 Å². The van der Waals surface area contributed by atoms with Crippen molar-refractivity contribution in [2.75, 3.05) is 11.1 Å². The van der Waals surface area contributed by atoms with Gasteiger partial charge in [-0.2, -0.15) is 0 Å². The van der Waals surface area contributed by atoms with Gasteiger partial charge in [0.2, 0.25) is 0 Å². The summed E-state index contributed by atoms with van der Waals surface area (Å²) in [5.74, 6) is 1.17. The maximum absolute atomic E-state index is 11.9. The van der Waals surface area contributed by atoms with E-state index in [0.717, 1.165) is 5.75 Å². The summed E-state index contributed by atoms with van der Waals surface area (Å²) in [5, 5.41) is 4.75. The number of aromatic nitrogens is 1. The van der Waals surface area contributed by atoms with Gasteiger partial charge in [0.1, 0.15) is 17.2 Å². The summed E-state index contributed by atoms with van der Waals surface area (Å²) < 4.78 is 5.69. The van der Waals surface area contributed by atoms with Crippen LogP contribution in [0.2, 0.25) is 0 Å². The minimum Gasteiger partial charge on any atom is -0.457 e. The molecular formula is C16H13N3O2S. The molecule has 6 heteroatoms. The molecule has 22 heavy (non-hydrogen) atoms. The van der Waals surface area contributed by atoms with Crippen LogP contribution < -0.4 is 15.8 Å². The number of benzene rings is 2. The second-order valence-electron chi connectivity index (χ2n) is 4.46. The maximum atomic E-state index is 11.9. The Morgan fingerprint density at radius 3 is 2.36 bits per heavy atom. The monoisotopic (exact) mass is 311 g/mol. The van der Waals surface area contributed by atoms with E-state index in [1.165, 1.54) is 11.3 Å². The molecule has 0 saturated heterocycles. The lowest BCUT2D eigenvalue weighted by Gasteiger charge is -2.07. The Morgan fingerprint density at radius 1 is 1.05 bits per heavy atom. The van der Waals surface area contributed by atoms with Crippen LogP contribution in [0.25, 0.3) is 0 Å². The molecule has 2 aromatic carbocycles. The second-order valence-corrected chi connectivity index (χ2v) is 5.35. The van der Waals surface area contributed by atoms with Crippen molar-refractivity contribution in [2.45, 2.75) is 0 Å². The Hall–Kier alpha value is -2.86. The number of para-hydroxylation sites is 1. The van der Waals surface area contributed by atoms with Crippen molar-refractivity contribution < 1.29 is 9.53 Å². The molecule has 0 fully saturated rings. The number of amides is 1. The van der Waals surface area contributed by atoms with Crippen LogP contribution in [0.3, 0.4) is 0 Å². The zero-order valence-corrected chi connectivity index (χ0v) is 12.3. The summed E-state index contributed by atoms with van der Waals surface area (Å²) in [7, 11) is 0. The van der Waals surface area contributed by atoms with Crippen molar-refractivity contribution in [3.8, 4) is 11.5 Å². The van der Waals surface area contributed by atoms with Gasteiger partial charge in [0.25, 0.3) is 5.91 Å². The summed E-state index contributed by atoms with van der Waals surface area (Å²) in [6.45, 7) is 0. The largest absolute Gasteiger partial charge is 0.457 e. The Balaban J connectivity index is 1.65. The van der Waals surface area contributed by atoms with E-state index in [0.29, 0.717) is 22.3 Å². The zero-order chi connectivity index (χ0) is 15.4. The summed E-state index contributed by atoms with van der Waals surface area (Å²) in [5.41, 5.74) is 6.49. The van der Waals surface area contributed by atoms with Gasteiger partial charge in [0.05, 0.1) is 0 Å². The van der Waals surface area contributed by atoms with Gasteiger partial charge < -0.3 is 15.8 Å². The Labute approximate surface area is 131 Å². The highest BCUT2D eigenvalue weighted by atomic mass is 32.1. The van der Waals surface area contributed by atoms with Crippen LogP contribution in [0, 0.1) is 0 Å². The molecule has 0 unspecified atom stereocenters. The molecule has 3 aromatic rings. The normalized spacial score (nSPS) is 10.2. The minimum atomic E-state index is -0.287. The lowest BCUT2D eigenvalue weighted by atomic mass is 10.3. The van der Waals surface area contributed by atoms with Crippen LogP contribution in [0.4, 0.5) is 10.8 Å². The minimum absolute atomic E-state index is 0.287. The first-order valence-electron chi connectivity index (χ1n) is 6.56. The zero-order valence-electron chi connectivity index (χ0n) is 11.5. The first-order chi connectivity index (χ1) is 10.7. The standard InChI is InChI=1S/C16H13N3O2S/c17-16-19-14(10-22-16)15(20)18-11-6-8-13(9-7-11)21-12-4-2-1-3-5-12/h1-10H,(H2,17,19)(H,18,20). The second kappa shape index (κ2) is 6.28. The van der Waals surface area contributed by atoms with Gasteiger partial charge in [-0.15, -0.1) is 11.3 Å². The number of anilines is 2. The summed E-state index contributed by atoms with van der Waals surface area (Å²) in [6, 6.07) is 16.6. The Kier molecular flexibility index (Phi) is 4.02. The molecule has 1 amide bonds. The van der Waals surface area contributed by atoms with E-state index in [2.05, 4.69) is 10.3 Å². The highest BCUT2D eigenvalue weighted by Gasteiger charge is 2.09. The van der Waals surface area contributed by atoms with E-state index in [1.54, 1.807) is 29.6 Å². The molecule has 1 heterocycles. The number of ether oxygens (including phenoxy) is 1. The molecular weight excluding hydrogens is 298 g/mol. The topological polar surface area (TPSA) is 77.2 Å². The van der Waals surface area contributed by atoms with Crippen LogP contribution in [0.1, 0.15) is 10.5 Å². The Bertz CT molecular complexity index is 770. The Morgan fingerprint density at radius 2 is 1.73 bits per heavy atom. The molecule has 0 aliphatic rings. The predicted octanol–water partition coefficient (Wildman–Crippen LogP) is 3.77. The van der Waals surface area contributed by atoms with E-state index in [1.807, 2.05) is 30.3 Å². The van der Waals surface area contributed by atoms with Crippen molar-refractivity contribution >= 4 is 28.1 Å². The number of rotatable bonds is 4. The van der Waals surface area contributed by atoms with Gasteiger partial charge in [-0.1, -0.05) is 18.2 Å². The summed E-state index contributed by atoms with van der Waals surface area (Å²) >= 11 is 1.23. The molecule has 0 spiro atoms. The molecule has 3 N–H and O–H groups in total. The van der Waals surface area contributed by atoms with E-state index in [4.69, 9.17) is 10.5 Å². The molecule has 0 saturated carbocycles. The van der Waals surface area contributed by atoms with Gasteiger partial charge in [-0.3, -0.25) is 4.79 Å². The van der Waals surface area contributed by atoms with E-state index in [9.17, 15) is 4.79 Å². The highest BCUT2D eigenvalue weighted by Crippen LogP contribution is 2.23. The molecule has 3 rings (SSSR count). The molecule has 1 aromatic heterocycles. The summed E-state index contributed by atoms with van der Waals surface area (Å²) in [6.07, 6.45) is 0. The third-order valence-corrected chi connectivity index (χ3v) is 3.52. The number of nitrogens with zero attached hydrogens (tertiary/aromatic N) is 1. The SMILES string of the molecule is Nc1nc(C(=O)Nc2ccc(Oc3ccccc3)cc2)cs1.